The molecular weight excluding hydrogens is 417 g/mol. The van der Waals surface area contributed by atoms with Crippen LogP contribution < -0.4 is 15.2 Å². The molecule has 0 unspecified atom stereocenters. The molecule has 0 radical (unpaired) electrons. The predicted octanol–water partition coefficient (Wildman–Crippen LogP) is 3.62. The first kappa shape index (κ1) is 16.8. The molecule has 5 nitrogen and oxygen atoms in total. The second-order valence-corrected chi connectivity index (χ2v) is 6.35. The molecule has 0 aliphatic heterocycles. The molecule has 0 amide bonds. The third-order valence-electron chi connectivity index (χ3n) is 3.78. The molecule has 3 aromatic rings. The Morgan fingerprint density at radius 2 is 1.88 bits per heavy atom. The van der Waals surface area contributed by atoms with Crippen LogP contribution in [-0.2, 0) is 6.54 Å². The Morgan fingerprint density at radius 3 is 2.58 bits per heavy atom. The minimum Gasteiger partial charge on any atom is -0.496 e. The molecule has 0 aliphatic carbocycles. The lowest BCUT2D eigenvalue weighted by atomic mass is 10.1. The maximum Gasteiger partial charge on any atom is 0.135 e. The van der Waals surface area contributed by atoms with Crippen molar-refractivity contribution in [2.75, 3.05) is 14.2 Å². The topological polar surface area (TPSA) is 62.3 Å². The summed E-state index contributed by atoms with van der Waals surface area (Å²) >= 11 is 2.25. The average molecular weight is 435 g/mol. The molecule has 2 aromatic carbocycles. The predicted molar refractivity (Wildman–Crippen MR) is 103 cm³/mol. The lowest BCUT2D eigenvalue weighted by Gasteiger charge is -2.14. The van der Waals surface area contributed by atoms with Crippen molar-refractivity contribution >= 4 is 22.6 Å². The summed E-state index contributed by atoms with van der Waals surface area (Å²) in [5, 5.41) is 4.47. The van der Waals surface area contributed by atoms with Gasteiger partial charge in [-0.1, -0.05) is 12.1 Å². The fourth-order valence-electron chi connectivity index (χ4n) is 2.59. The SMILES string of the molecule is COc1cc(OC)c(-c2ccnn2-c2cccc(CN)c2)cc1I. The number of nitrogens with zero attached hydrogens (tertiary/aromatic N) is 2. The lowest BCUT2D eigenvalue weighted by Crippen LogP contribution is -2.03. The van der Waals surface area contributed by atoms with Gasteiger partial charge in [-0.05, 0) is 52.4 Å². The summed E-state index contributed by atoms with van der Waals surface area (Å²) in [7, 11) is 3.31. The first-order valence-corrected chi connectivity index (χ1v) is 8.51. The molecule has 6 heteroatoms. The number of nitrogens with two attached hydrogens (primary N) is 1. The Kier molecular flexibility index (Phi) is 5.06. The summed E-state index contributed by atoms with van der Waals surface area (Å²) in [5.74, 6) is 1.52. The van der Waals surface area contributed by atoms with Crippen LogP contribution in [0.4, 0.5) is 0 Å². The summed E-state index contributed by atoms with van der Waals surface area (Å²) in [4.78, 5) is 0. The third kappa shape index (κ3) is 3.11. The summed E-state index contributed by atoms with van der Waals surface area (Å²) < 4.78 is 13.8. The van der Waals surface area contributed by atoms with Crippen LogP contribution in [-0.4, -0.2) is 24.0 Å². The van der Waals surface area contributed by atoms with Gasteiger partial charge >= 0.3 is 0 Å². The Hall–Kier alpha value is -2.06. The third-order valence-corrected chi connectivity index (χ3v) is 4.63. The van der Waals surface area contributed by atoms with E-state index >= 15 is 0 Å². The normalized spacial score (nSPS) is 10.7. The quantitative estimate of drug-likeness (QED) is 0.622. The maximum absolute atomic E-state index is 5.75. The number of methoxy groups -OCH3 is 2. The van der Waals surface area contributed by atoms with E-state index in [1.165, 1.54) is 0 Å². The van der Waals surface area contributed by atoms with Crippen molar-refractivity contribution in [1.82, 2.24) is 9.78 Å². The van der Waals surface area contributed by atoms with Gasteiger partial charge in [-0.25, -0.2) is 4.68 Å². The van der Waals surface area contributed by atoms with Crippen molar-refractivity contribution in [3.63, 3.8) is 0 Å². The van der Waals surface area contributed by atoms with E-state index in [1.807, 2.05) is 47.1 Å². The van der Waals surface area contributed by atoms with Crippen LogP contribution in [0.5, 0.6) is 11.5 Å². The highest BCUT2D eigenvalue weighted by Gasteiger charge is 2.16. The Bertz CT molecular complexity index is 861. The molecule has 124 valence electrons. The Morgan fingerprint density at radius 1 is 1.08 bits per heavy atom. The number of benzene rings is 2. The number of hydrogen-bond acceptors (Lipinski definition) is 4. The zero-order valence-electron chi connectivity index (χ0n) is 13.5. The molecule has 0 fully saturated rings. The van der Waals surface area contributed by atoms with Gasteiger partial charge < -0.3 is 15.2 Å². The van der Waals surface area contributed by atoms with Gasteiger partial charge in [0.15, 0.2) is 0 Å². The van der Waals surface area contributed by atoms with Crippen molar-refractivity contribution < 1.29 is 9.47 Å². The van der Waals surface area contributed by atoms with E-state index in [9.17, 15) is 0 Å². The molecule has 0 atom stereocenters. The molecule has 2 N–H and O–H groups in total. The van der Waals surface area contributed by atoms with Crippen molar-refractivity contribution in [3.8, 4) is 28.4 Å². The van der Waals surface area contributed by atoms with Gasteiger partial charge in [0.2, 0.25) is 0 Å². The maximum atomic E-state index is 5.75. The van der Waals surface area contributed by atoms with Gasteiger partial charge in [0.25, 0.3) is 0 Å². The lowest BCUT2D eigenvalue weighted by molar-refractivity contribution is 0.393. The summed E-state index contributed by atoms with van der Waals surface area (Å²) in [6.45, 7) is 0.494. The second-order valence-electron chi connectivity index (χ2n) is 5.19. The first-order chi connectivity index (χ1) is 11.7. The van der Waals surface area contributed by atoms with E-state index in [0.29, 0.717) is 6.54 Å². The first-order valence-electron chi connectivity index (χ1n) is 7.43. The number of ether oxygens (including phenoxy) is 2. The molecule has 3 rings (SSSR count). The molecule has 0 saturated carbocycles. The van der Waals surface area contributed by atoms with Crippen molar-refractivity contribution in [3.05, 3.63) is 57.8 Å². The van der Waals surface area contributed by atoms with E-state index in [0.717, 1.165) is 37.6 Å². The number of halogens is 1. The molecule has 0 spiro atoms. The van der Waals surface area contributed by atoms with E-state index in [-0.39, 0.29) is 0 Å². The van der Waals surface area contributed by atoms with Gasteiger partial charge in [-0.15, -0.1) is 0 Å². The van der Waals surface area contributed by atoms with E-state index in [1.54, 1.807) is 20.4 Å². The minimum atomic E-state index is 0.494. The summed E-state index contributed by atoms with van der Waals surface area (Å²) in [5.41, 5.74) is 9.68. The molecule has 0 saturated heterocycles. The van der Waals surface area contributed by atoms with Crippen LogP contribution >= 0.6 is 22.6 Å². The van der Waals surface area contributed by atoms with E-state index < -0.39 is 0 Å². The molecule has 1 heterocycles. The van der Waals surface area contributed by atoms with Gasteiger partial charge in [0, 0.05) is 18.2 Å². The summed E-state index contributed by atoms with van der Waals surface area (Å²) in [6.07, 6.45) is 1.78. The van der Waals surface area contributed by atoms with Gasteiger partial charge in [-0.3, -0.25) is 0 Å². The van der Waals surface area contributed by atoms with Gasteiger partial charge in [0.05, 0.1) is 35.4 Å². The van der Waals surface area contributed by atoms with Crippen LogP contribution in [0, 0.1) is 3.57 Å². The van der Waals surface area contributed by atoms with Crippen LogP contribution in [0.3, 0.4) is 0 Å². The zero-order chi connectivity index (χ0) is 17.1. The highest BCUT2D eigenvalue weighted by molar-refractivity contribution is 14.1. The van der Waals surface area contributed by atoms with Crippen LogP contribution in [0.15, 0.2) is 48.7 Å². The zero-order valence-corrected chi connectivity index (χ0v) is 15.6. The number of hydrogen-bond donors (Lipinski definition) is 1. The standard InChI is InChI=1S/C18H18IN3O2/c1-23-17-10-18(24-2)15(19)9-14(17)16-6-7-21-22(16)13-5-3-4-12(8-13)11-20/h3-10H,11,20H2,1-2H3. The van der Waals surface area contributed by atoms with Gasteiger partial charge in [0.1, 0.15) is 11.5 Å². The van der Waals surface area contributed by atoms with Crippen LogP contribution in [0.2, 0.25) is 0 Å². The van der Waals surface area contributed by atoms with Gasteiger partial charge in [-0.2, -0.15) is 5.10 Å². The van der Waals surface area contributed by atoms with E-state index in [2.05, 4.69) is 27.7 Å². The average Bonchev–Trinajstić information content (AvgIpc) is 3.11. The second kappa shape index (κ2) is 7.23. The fraction of sp³-hybridized carbons (Fsp3) is 0.167. The Labute approximate surface area is 154 Å². The molecule has 0 aliphatic rings. The largest absolute Gasteiger partial charge is 0.496 e. The molecule has 24 heavy (non-hydrogen) atoms. The smallest absolute Gasteiger partial charge is 0.135 e. The fourth-order valence-corrected chi connectivity index (χ4v) is 3.28. The molecular formula is C18H18IN3O2. The van der Waals surface area contributed by atoms with E-state index in [4.69, 9.17) is 15.2 Å². The van der Waals surface area contributed by atoms with Crippen molar-refractivity contribution in [1.29, 1.82) is 0 Å². The van der Waals surface area contributed by atoms with Crippen molar-refractivity contribution in [2.24, 2.45) is 5.73 Å². The minimum absolute atomic E-state index is 0.494. The monoisotopic (exact) mass is 435 g/mol. The van der Waals surface area contributed by atoms with Crippen LogP contribution in [0.1, 0.15) is 5.56 Å². The Balaban J connectivity index is 2.15. The van der Waals surface area contributed by atoms with Crippen molar-refractivity contribution in [2.45, 2.75) is 6.54 Å². The highest BCUT2D eigenvalue weighted by atomic mass is 127. The van der Waals surface area contributed by atoms with Crippen LogP contribution in [0.25, 0.3) is 16.9 Å². The molecule has 1 aromatic heterocycles. The highest BCUT2D eigenvalue weighted by Crippen LogP contribution is 2.37. The molecule has 0 bridgehead atoms. The summed E-state index contributed by atoms with van der Waals surface area (Å²) in [6, 6.07) is 13.9. The number of rotatable bonds is 5. The number of aromatic nitrogens is 2.